The predicted molar refractivity (Wildman–Crippen MR) is 67.8 cm³/mol. The number of likely N-dealkylation sites (tertiary alicyclic amines) is 1. The third kappa shape index (κ3) is 3.54. The van der Waals surface area contributed by atoms with Crippen molar-refractivity contribution in [1.29, 1.82) is 0 Å². The van der Waals surface area contributed by atoms with E-state index >= 15 is 0 Å². The molecule has 1 fully saturated rings. The van der Waals surface area contributed by atoms with Crippen LogP contribution in [0.2, 0.25) is 0 Å². The summed E-state index contributed by atoms with van der Waals surface area (Å²) in [4.78, 5) is 6.85. The zero-order chi connectivity index (χ0) is 12.1. The van der Waals surface area contributed by atoms with Crippen LogP contribution < -0.4 is 5.73 Å². The third-order valence-corrected chi connectivity index (χ3v) is 3.51. The van der Waals surface area contributed by atoms with Crippen molar-refractivity contribution >= 4 is 0 Å². The average Bonchev–Trinajstić information content (AvgIpc) is 2.96. The molecule has 1 unspecified atom stereocenters. The molecule has 0 amide bonds. The molecule has 1 aromatic heterocycles. The molecule has 0 saturated carbocycles. The number of aryl methyl sites for hydroxylation is 1. The van der Waals surface area contributed by atoms with Gasteiger partial charge in [0.2, 0.25) is 0 Å². The molecule has 0 aliphatic carbocycles. The fourth-order valence-electron chi connectivity index (χ4n) is 2.45. The highest BCUT2D eigenvalue weighted by Crippen LogP contribution is 2.20. The zero-order valence-corrected chi connectivity index (χ0v) is 10.7. The SMILES string of the molecule is CCN1CCC(Cc2ncc(CCCN)o2)C1. The lowest BCUT2D eigenvalue weighted by Crippen LogP contribution is -2.20. The second kappa shape index (κ2) is 6.17. The summed E-state index contributed by atoms with van der Waals surface area (Å²) in [5.74, 6) is 2.60. The number of nitrogens with zero attached hydrogens (tertiary/aromatic N) is 2. The van der Waals surface area contributed by atoms with E-state index in [1.807, 2.05) is 6.20 Å². The van der Waals surface area contributed by atoms with Crippen LogP contribution in [-0.4, -0.2) is 36.1 Å². The van der Waals surface area contributed by atoms with E-state index in [2.05, 4.69) is 16.8 Å². The Labute approximate surface area is 103 Å². The predicted octanol–water partition coefficient (Wildman–Crippen LogP) is 1.45. The van der Waals surface area contributed by atoms with E-state index in [0.717, 1.165) is 43.4 Å². The molecule has 4 heteroatoms. The third-order valence-electron chi connectivity index (χ3n) is 3.51. The first kappa shape index (κ1) is 12.6. The normalized spacial score (nSPS) is 21.2. The van der Waals surface area contributed by atoms with Crippen molar-refractivity contribution in [2.24, 2.45) is 11.7 Å². The summed E-state index contributed by atoms with van der Waals surface area (Å²) in [5, 5.41) is 0. The van der Waals surface area contributed by atoms with E-state index in [4.69, 9.17) is 10.2 Å². The molecule has 1 aliphatic rings. The quantitative estimate of drug-likeness (QED) is 0.813. The molecule has 0 aromatic carbocycles. The fraction of sp³-hybridized carbons (Fsp3) is 0.769. The second-order valence-electron chi connectivity index (χ2n) is 4.86. The van der Waals surface area contributed by atoms with E-state index < -0.39 is 0 Å². The van der Waals surface area contributed by atoms with Gasteiger partial charge in [0.15, 0.2) is 5.89 Å². The topological polar surface area (TPSA) is 55.3 Å². The molecule has 4 nitrogen and oxygen atoms in total. The van der Waals surface area contributed by atoms with E-state index in [0.29, 0.717) is 6.54 Å². The average molecular weight is 237 g/mol. The fourth-order valence-corrected chi connectivity index (χ4v) is 2.45. The molecule has 2 N–H and O–H groups in total. The van der Waals surface area contributed by atoms with Gasteiger partial charge in [0.05, 0.1) is 6.20 Å². The second-order valence-corrected chi connectivity index (χ2v) is 4.86. The van der Waals surface area contributed by atoms with E-state index in [1.165, 1.54) is 19.5 Å². The number of hydrogen-bond acceptors (Lipinski definition) is 4. The number of nitrogens with two attached hydrogens (primary N) is 1. The lowest BCUT2D eigenvalue weighted by atomic mass is 10.1. The highest BCUT2D eigenvalue weighted by Gasteiger charge is 2.22. The Hall–Kier alpha value is -0.870. The van der Waals surface area contributed by atoms with Crippen LogP contribution in [0.25, 0.3) is 0 Å². The van der Waals surface area contributed by atoms with Gasteiger partial charge in [-0.05, 0) is 38.4 Å². The van der Waals surface area contributed by atoms with Gasteiger partial charge in [0.1, 0.15) is 5.76 Å². The van der Waals surface area contributed by atoms with Gasteiger partial charge in [-0.15, -0.1) is 0 Å². The van der Waals surface area contributed by atoms with Crippen molar-refractivity contribution in [2.45, 2.75) is 32.6 Å². The number of aromatic nitrogens is 1. The van der Waals surface area contributed by atoms with Crippen LogP contribution in [0.3, 0.4) is 0 Å². The Morgan fingerprint density at radius 2 is 2.47 bits per heavy atom. The van der Waals surface area contributed by atoms with Crippen molar-refractivity contribution in [3.63, 3.8) is 0 Å². The molecule has 17 heavy (non-hydrogen) atoms. The molecule has 96 valence electrons. The van der Waals surface area contributed by atoms with Gasteiger partial charge in [0.25, 0.3) is 0 Å². The first-order valence-corrected chi connectivity index (χ1v) is 6.67. The van der Waals surface area contributed by atoms with Gasteiger partial charge in [-0.3, -0.25) is 0 Å². The molecule has 0 bridgehead atoms. The van der Waals surface area contributed by atoms with Crippen molar-refractivity contribution < 1.29 is 4.42 Å². The molecule has 2 heterocycles. The van der Waals surface area contributed by atoms with Crippen LogP contribution in [-0.2, 0) is 12.8 Å². The van der Waals surface area contributed by atoms with Crippen LogP contribution in [0.1, 0.15) is 31.4 Å². The van der Waals surface area contributed by atoms with Gasteiger partial charge in [-0.1, -0.05) is 6.92 Å². The first-order valence-electron chi connectivity index (χ1n) is 6.67. The monoisotopic (exact) mass is 237 g/mol. The highest BCUT2D eigenvalue weighted by molar-refractivity contribution is 4.96. The summed E-state index contributed by atoms with van der Waals surface area (Å²) in [6.45, 7) is 6.51. The van der Waals surface area contributed by atoms with Gasteiger partial charge in [-0.25, -0.2) is 4.98 Å². The summed E-state index contributed by atoms with van der Waals surface area (Å²) in [6, 6.07) is 0. The Balaban J connectivity index is 1.80. The summed E-state index contributed by atoms with van der Waals surface area (Å²) in [7, 11) is 0. The Bertz CT molecular complexity index is 337. The lowest BCUT2D eigenvalue weighted by molar-refractivity contribution is 0.333. The molecule has 1 atom stereocenters. The molecule has 2 rings (SSSR count). The standard InChI is InChI=1S/C13H23N3O/c1-2-16-7-5-11(10-16)8-13-15-9-12(17-13)4-3-6-14/h9,11H,2-8,10,14H2,1H3. The number of rotatable bonds is 6. The molecule has 1 aromatic rings. The number of oxazole rings is 1. The van der Waals surface area contributed by atoms with Crippen LogP contribution in [0.15, 0.2) is 10.6 Å². The van der Waals surface area contributed by atoms with Gasteiger partial charge in [-0.2, -0.15) is 0 Å². The van der Waals surface area contributed by atoms with Gasteiger partial charge >= 0.3 is 0 Å². The number of hydrogen-bond donors (Lipinski definition) is 1. The smallest absolute Gasteiger partial charge is 0.194 e. The Morgan fingerprint density at radius 1 is 1.59 bits per heavy atom. The van der Waals surface area contributed by atoms with Crippen LogP contribution >= 0.6 is 0 Å². The maximum Gasteiger partial charge on any atom is 0.194 e. The molecule has 0 spiro atoms. The van der Waals surface area contributed by atoms with Crippen molar-refractivity contribution in [3.05, 3.63) is 17.8 Å². The minimum atomic E-state index is 0.712. The lowest BCUT2D eigenvalue weighted by Gasteiger charge is -2.11. The highest BCUT2D eigenvalue weighted by atomic mass is 16.4. The van der Waals surface area contributed by atoms with Crippen LogP contribution in [0.4, 0.5) is 0 Å². The maximum atomic E-state index is 5.73. The zero-order valence-electron chi connectivity index (χ0n) is 10.7. The molecule has 0 radical (unpaired) electrons. The summed E-state index contributed by atoms with van der Waals surface area (Å²) in [5.41, 5.74) is 5.48. The molecular weight excluding hydrogens is 214 g/mol. The van der Waals surface area contributed by atoms with Gasteiger partial charge in [0, 0.05) is 19.4 Å². The molecular formula is C13H23N3O. The van der Waals surface area contributed by atoms with E-state index in [1.54, 1.807) is 0 Å². The summed E-state index contributed by atoms with van der Waals surface area (Å²) in [6.07, 6.45) is 6.00. The molecule has 1 aliphatic heterocycles. The Morgan fingerprint density at radius 3 is 3.18 bits per heavy atom. The first-order chi connectivity index (χ1) is 8.31. The van der Waals surface area contributed by atoms with Crippen molar-refractivity contribution in [2.75, 3.05) is 26.2 Å². The summed E-state index contributed by atoms with van der Waals surface area (Å²) < 4.78 is 5.73. The van der Waals surface area contributed by atoms with Crippen molar-refractivity contribution in [1.82, 2.24) is 9.88 Å². The summed E-state index contributed by atoms with van der Waals surface area (Å²) >= 11 is 0. The molecule has 1 saturated heterocycles. The maximum absolute atomic E-state index is 5.73. The van der Waals surface area contributed by atoms with Crippen molar-refractivity contribution in [3.8, 4) is 0 Å². The largest absolute Gasteiger partial charge is 0.446 e. The minimum Gasteiger partial charge on any atom is -0.446 e. The van der Waals surface area contributed by atoms with Crippen LogP contribution in [0, 0.1) is 5.92 Å². The van der Waals surface area contributed by atoms with E-state index in [-0.39, 0.29) is 0 Å². The van der Waals surface area contributed by atoms with E-state index in [9.17, 15) is 0 Å². The van der Waals surface area contributed by atoms with Crippen LogP contribution in [0.5, 0.6) is 0 Å². The Kier molecular flexibility index (Phi) is 4.57. The minimum absolute atomic E-state index is 0.712. The van der Waals surface area contributed by atoms with Gasteiger partial charge < -0.3 is 15.1 Å².